The third-order valence-corrected chi connectivity index (χ3v) is 4.10. The molecular formula is C17H26N4O2. The Morgan fingerprint density at radius 3 is 2.30 bits per heavy atom. The van der Waals surface area contributed by atoms with Gasteiger partial charge in [-0.05, 0) is 37.1 Å². The van der Waals surface area contributed by atoms with Crippen LogP contribution in [0, 0.1) is 0 Å². The third-order valence-electron chi connectivity index (χ3n) is 4.10. The van der Waals surface area contributed by atoms with Gasteiger partial charge in [0, 0.05) is 13.1 Å². The Labute approximate surface area is 137 Å². The molecule has 6 nitrogen and oxygen atoms in total. The van der Waals surface area contributed by atoms with Crippen LogP contribution in [-0.4, -0.2) is 35.8 Å². The zero-order chi connectivity index (χ0) is 16.7. The maximum absolute atomic E-state index is 11.7. The predicted octanol–water partition coefficient (Wildman–Crippen LogP) is 0.491. The standard InChI is InChI=1S/C17H26N4O2/c18-15(10-16(19)22)17(23)20-11-13-4-6-14(7-5-13)12-21-8-2-1-3-9-21/h4-7,15H,1-3,8-12,18H2,(H2,19,22)(H,20,23). The van der Waals surface area contributed by atoms with Crippen molar-refractivity contribution in [2.45, 2.75) is 44.8 Å². The first-order valence-corrected chi connectivity index (χ1v) is 8.16. The molecule has 1 heterocycles. The molecule has 23 heavy (non-hydrogen) atoms. The van der Waals surface area contributed by atoms with Crippen LogP contribution in [-0.2, 0) is 22.7 Å². The number of primary amides is 1. The molecule has 0 radical (unpaired) electrons. The van der Waals surface area contributed by atoms with E-state index in [4.69, 9.17) is 11.5 Å². The second kappa shape index (κ2) is 8.64. The van der Waals surface area contributed by atoms with Crippen molar-refractivity contribution in [3.05, 3.63) is 35.4 Å². The molecule has 1 aliphatic heterocycles. The Balaban J connectivity index is 1.78. The summed E-state index contributed by atoms with van der Waals surface area (Å²) in [5.41, 5.74) is 12.9. The van der Waals surface area contributed by atoms with Crippen LogP contribution in [0.25, 0.3) is 0 Å². The molecule has 0 aliphatic carbocycles. The third kappa shape index (κ3) is 6.00. The van der Waals surface area contributed by atoms with E-state index < -0.39 is 11.9 Å². The summed E-state index contributed by atoms with van der Waals surface area (Å²) >= 11 is 0. The summed E-state index contributed by atoms with van der Waals surface area (Å²) in [6, 6.07) is 7.34. The summed E-state index contributed by atoms with van der Waals surface area (Å²) in [7, 11) is 0. The van der Waals surface area contributed by atoms with Crippen molar-refractivity contribution in [2.24, 2.45) is 11.5 Å². The van der Waals surface area contributed by atoms with Crippen LogP contribution >= 0.6 is 0 Å². The van der Waals surface area contributed by atoms with Gasteiger partial charge in [-0.25, -0.2) is 0 Å². The van der Waals surface area contributed by atoms with Gasteiger partial charge < -0.3 is 16.8 Å². The lowest BCUT2D eigenvalue weighted by Crippen LogP contribution is -2.42. The predicted molar refractivity (Wildman–Crippen MR) is 89.2 cm³/mol. The zero-order valence-corrected chi connectivity index (χ0v) is 13.5. The monoisotopic (exact) mass is 318 g/mol. The van der Waals surface area contributed by atoms with E-state index >= 15 is 0 Å². The number of benzene rings is 1. The fourth-order valence-electron chi connectivity index (χ4n) is 2.77. The number of carbonyl (C=O) groups is 2. The van der Waals surface area contributed by atoms with Crippen molar-refractivity contribution in [3.8, 4) is 0 Å². The van der Waals surface area contributed by atoms with Crippen molar-refractivity contribution in [3.63, 3.8) is 0 Å². The molecule has 1 aromatic carbocycles. The molecule has 2 rings (SSSR count). The van der Waals surface area contributed by atoms with Crippen molar-refractivity contribution in [1.82, 2.24) is 10.2 Å². The van der Waals surface area contributed by atoms with E-state index in [-0.39, 0.29) is 12.3 Å². The largest absolute Gasteiger partial charge is 0.370 e. The Morgan fingerprint density at radius 2 is 1.70 bits per heavy atom. The molecule has 1 aliphatic rings. The number of nitrogens with zero attached hydrogens (tertiary/aromatic N) is 1. The molecule has 1 fully saturated rings. The molecule has 0 bridgehead atoms. The van der Waals surface area contributed by atoms with Crippen molar-refractivity contribution in [1.29, 1.82) is 0 Å². The lowest BCUT2D eigenvalue weighted by atomic mass is 10.1. The summed E-state index contributed by atoms with van der Waals surface area (Å²) in [6.07, 6.45) is 3.78. The van der Waals surface area contributed by atoms with Crippen LogP contribution < -0.4 is 16.8 Å². The van der Waals surface area contributed by atoms with Gasteiger partial charge in [-0.2, -0.15) is 0 Å². The summed E-state index contributed by atoms with van der Waals surface area (Å²) in [5.74, 6) is -0.934. The number of rotatable bonds is 7. The lowest BCUT2D eigenvalue weighted by molar-refractivity contribution is -0.126. The number of carbonyl (C=O) groups excluding carboxylic acids is 2. The number of nitrogens with one attached hydrogen (secondary N) is 1. The maximum atomic E-state index is 11.7. The van der Waals surface area contributed by atoms with Gasteiger partial charge in [0.25, 0.3) is 0 Å². The first-order chi connectivity index (χ1) is 11.0. The number of amides is 2. The van der Waals surface area contributed by atoms with Gasteiger partial charge in [0.15, 0.2) is 0 Å². The van der Waals surface area contributed by atoms with E-state index in [0.717, 1.165) is 12.1 Å². The van der Waals surface area contributed by atoms with E-state index in [1.807, 2.05) is 12.1 Å². The van der Waals surface area contributed by atoms with Gasteiger partial charge in [0.2, 0.25) is 11.8 Å². The summed E-state index contributed by atoms with van der Waals surface area (Å²) in [4.78, 5) is 25.0. The van der Waals surface area contributed by atoms with Crippen LogP contribution in [0.2, 0.25) is 0 Å². The quantitative estimate of drug-likeness (QED) is 0.681. The Morgan fingerprint density at radius 1 is 1.09 bits per heavy atom. The number of nitrogens with two attached hydrogens (primary N) is 2. The normalized spacial score (nSPS) is 16.7. The highest BCUT2D eigenvalue weighted by Crippen LogP contribution is 2.13. The molecule has 0 spiro atoms. The number of hydrogen-bond acceptors (Lipinski definition) is 4. The SMILES string of the molecule is NC(=O)CC(N)C(=O)NCc1ccc(CN2CCCCC2)cc1. The van der Waals surface area contributed by atoms with Gasteiger partial charge >= 0.3 is 0 Å². The molecule has 5 N–H and O–H groups in total. The lowest BCUT2D eigenvalue weighted by Gasteiger charge is -2.26. The van der Waals surface area contributed by atoms with Gasteiger partial charge in [-0.1, -0.05) is 30.7 Å². The fourth-order valence-corrected chi connectivity index (χ4v) is 2.77. The molecule has 6 heteroatoms. The smallest absolute Gasteiger partial charge is 0.237 e. The molecule has 126 valence electrons. The Hall–Kier alpha value is -1.92. The molecule has 1 aromatic rings. The van der Waals surface area contributed by atoms with Crippen LogP contribution in [0.5, 0.6) is 0 Å². The molecule has 1 atom stereocenters. The van der Waals surface area contributed by atoms with Crippen LogP contribution in [0.15, 0.2) is 24.3 Å². The second-order valence-electron chi connectivity index (χ2n) is 6.15. The highest BCUT2D eigenvalue weighted by molar-refractivity contribution is 5.87. The summed E-state index contributed by atoms with van der Waals surface area (Å²) in [6.45, 7) is 3.73. The van der Waals surface area contributed by atoms with Crippen LogP contribution in [0.1, 0.15) is 36.8 Å². The van der Waals surface area contributed by atoms with E-state index in [1.54, 1.807) is 0 Å². The van der Waals surface area contributed by atoms with Gasteiger partial charge in [0.05, 0.1) is 12.5 Å². The van der Waals surface area contributed by atoms with E-state index in [0.29, 0.717) is 6.54 Å². The van der Waals surface area contributed by atoms with Crippen molar-refractivity contribution >= 4 is 11.8 Å². The van der Waals surface area contributed by atoms with E-state index in [2.05, 4.69) is 22.3 Å². The average Bonchev–Trinajstić information content (AvgIpc) is 2.54. The maximum Gasteiger partial charge on any atom is 0.237 e. The molecule has 1 unspecified atom stereocenters. The van der Waals surface area contributed by atoms with Gasteiger partial charge in [0.1, 0.15) is 0 Å². The molecule has 1 saturated heterocycles. The minimum atomic E-state index is -0.883. The average molecular weight is 318 g/mol. The molecule has 2 amide bonds. The summed E-state index contributed by atoms with van der Waals surface area (Å²) < 4.78 is 0. The van der Waals surface area contributed by atoms with Crippen LogP contribution in [0.4, 0.5) is 0 Å². The number of piperidine rings is 1. The zero-order valence-electron chi connectivity index (χ0n) is 13.5. The molecule has 0 saturated carbocycles. The van der Waals surface area contributed by atoms with Crippen LogP contribution in [0.3, 0.4) is 0 Å². The first-order valence-electron chi connectivity index (χ1n) is 8.16. The molecule has 0 aromatic heterocycles. The fraction of sp³-hybridized carbons (Fsp3) is 0.529. The molecular weight excluding hydrogens is 292 g/mol. The summed E-state index contributed by atoms with van der Waals surface area (Å²) in [5, 5.41) is 2.72. The Kier molecular flexibility index (Phi) is 6.55. The first kappa shape index (κ1) is 17.4. The number of likely N-dealkylation sites (tertiary alicyclic amines) is 1. The van der Waals surface area contributed by atoms with Gasteiger partial charge in [-0.3, -0.25) is 14.5 Å². The van der Waals surface area contributed by atoms with E-state index in [1.165, 1.54) is 37.9 Å². The van der Waals surface area contributed by atoms with Crippen molar-refractivity contribution < 1.29 is 9.59 Å². The minimum absolute atomic E-state index is 0.138. The van der Waals surface area contributed by atoms with Crippen molar-refractivity contribution in [2.75, 3.05) is 13.1 Å². The number of hydrogen-bond donors (Lipinski definition) is 3. The minimum Gasteiger partial charge on any atom is -0.370 e. The topological polar surface area (TPSA) is 101 Å². The highest BCUT2D eigenvalue weighted by Gasteiger charge is 2.15. The van der Waals surface area contributed by atoms with E-state index in [9.17, 15) is 9.59 Å². The Bertz CT molecular complexity index is 524. The second-order valence-corrected chi connectivity index (χ2v) is 6.15. The van der Waals surface area contributed by atoms with Gasteiger partial charge in [-0.15, -0.1) is 0 Å². The highest BCUT2D eigenvalue weighted by atomic mass is 16.2.